The van der Waals surface area contributed by atoms with Crippen molar-refractivity contribution in [3.63, 3.8) is 0 Å². The van der Waals surface area contributed by atoms with E-state index in [9.17, 15) is 0 Å². The van der Waals surface area contributed by atoms with Crippen molar-refractivity contribution < 1.29 is 4.52 Å². The SMILES string of the molecule is C=CCNCc1nc(Cc2cccs2)no1. The summed E-state index contributed by atoms with van der Waals surface area (Å²) in [6.07, 6.45) is 2.53. The van der Waals surface area contributed by atoms with E-state index in [1.165, 1.54) is 4.88 Å². The molecule has 0 radical (unpaired) electrons. The molecule has 0 aliphatic heterocycles. The van der Waals surface area contributed by atoms with Crippen molar-refractivity contribution in [3.8, 4) is 0 Å². The lowest BCUT2D eigenvalue weighted by molar-refractivity contribution is 0.366. The van der Waals surface area contributed by atoms with Crippen molar-refractivity contribution in [1.82, 2.24) is 15.5 Å². The molecule has 0 aliphatic rings. The number of nitrogens with one attached hydrogen (secondary N) is 1. The van der Waals surface area contributed by atoms with E-state index < -0.39 is 0 Å². The second kappa shape index (κ2) is 5.58. The fourth-order valence-electron chi connectivity index (χ4n) is 1.28. The third-order valence-corrected chi connectivity index (χ3v) is 2.86. The van der Waals surface area contributed by atoms with Gasteiger partial charge in [0.05, 0.1) is 6.54 Å². The number of nitrogens with zero attached hydrogens (tertiary/aromatic N) is 2. The molecule has 0 saturated carbocycles. The normalized spacial score (nSPS) is 10.5. The Hall–Kier alpha value is -1.46. The Morgan fingerprint density at radius 3 is 3.25 bits per heavy atom. The van der Waals surface area contributed by atoms with Crippen LogP contribution in [0, 0.1) is 0 Å². The Bertz CT molecular complexity index is 436. The van der Waals surface area contributed by atoms with Crippen LogP contribution in [0.4, 0.5) is 0 Å². The quantitative estimate of drug-likeness (QED) is 0.614. The number of thiophene rings is 1. The first-order valence-electron chi connectivity index (χ1n) is 5.04. The lowest BCUT2D eigenvalue weighted by Crippen LogP contribution is -2.12. The van der Waals surface area contributed by atoms with Crippen LogP contribution in [0.2, 0.25) is 0 Å². The largest absolute Gasteiger partial charge is 0.338 e. The van der Waals surface area contributed by atoms with Crippen molar-refractivity contribution in [2.75, 3.05) is 6.54 Å². The zero-order valence-electron chi connectivity index (χ0n) is 8.85. The second-order valence-electron chi connectivity index (χ2n) is 3.28. The number of hydrogen-bond acceptors (Lipinski definition) is 5. The molecule has 4 nitrogen and oxygen atoms in total. The number of hydrogen-bond donors (Lipinski definition) is 1. The number of rotatable bonds is 6. The molecule has 2 aromatic heterocycles. The van der Waals surface area contributed by atoms with Gasteiger partial charge in [0, 0.05) is 17.8 Å². The van der Waals surface area contributed by atoms with Crippen LogP contribution in [-0.2, 0) is 13.0 Å². The predicted molar refractivity (Wildman–Crippen MR) is 63.3 cm³/mol. The summed E-state index contributed by atoms with van der Waals surface area (Å²) < 4.78 is 5.11. The van der Waals surface area contributed by atoms with E-state index in [0.717, 1.165) is 18.8 Å². The van der Waals surface area contributed by atoms with Gasteiger partial charge in [-0.3, -0.25) is 0 Å². The van der Waals surface area contributed by atoms with Gasteiger partial charge in [-0.2, -0.15) is 4.98 Å². The van der Waals surface area contributed by atoms with Crippen molar-refractivity contribution in [2.24, 2.45) is 0 Å². The van der Waals surface area contributed by atoms with Gasteiger partial charge in [-0.05, 0) is 11.4 Å². The van der Waals surface area contributed by atoms with Gasteiger partial charge in [-0.15, -0.1) is 17.9 Å². The first kappa shape index (κ1) is 11.0. The van der Waals surface area contributed by atoms with E-state index in [1.807, 2.05) is 11.4 Å². The molecule has 5 heteroatoms. The first-order chi connectivity index (χ1) is 7.88. The monoisotopic (exact) mass is 235 g/mol. The van der Waals surface area contributed by atoms with Crippen molar-refractivity contribution in [3.05, 3.63) is 46.8 Å². The summed E-state index contributed by atoms with van der Waals surface area (Å²) in [6.45, 7) is 4.94. The summed E-state index contributed by atoms with van der Waals surface area (Å²) >= 11 is 1.70. The lowest BCUT2D eigenvalue weighted by Gasteiger charge is -1.93. The highest BCUT2D eigenvalue weighted by Gasteiger charge is 2.06. The molecular weight excluding hydrogens is 222 g/mol. The maximum atomic E-state index is 5.11. The molecule has 0 bridgehead atoms. The zero-order valence-corrected chi connectivity index (χ0v) is 9.67. The van der Waals surface area contributed by atoms with Crippen LogP contribution in [0.5, 0.6) is 0 Å². The van der Waals surface area contributed by atoms with Crippen molar-refractivity contribution in [2.45, 2.75) is 13.0 Å². The molecule has 1 N–H and O–H groups in total. The average Bonchev–Trinajstić information content (AvgIpc) is 2.91. The predicted octanol–water partition coefficient (Wildman–Crippen LogP) is 2.00. The molecule has 0 aromatic carbocycles. The van der Waals surface area contributed by atoms with Crippen LogP contribution in [0.1, 0.15) is 16.6 Å². The van der Waals surface area contributed by atoms with E-state index in [0.29, 0.717) is 12.4 Å². The highest BCUT2D eigenvalue weighted by atomic mass is 32.1. The molecule has 0 fully saturated rings. The zero-order chi connectivity index (χ0) is 11.2. The smallest absolute Gasteiger partial charge is 0.240 e. The van der Waals surface area contributed by atoms with Crippen molar-refractivity contribution >= 4 is 11.3 Å². The van der Waals surface area contributed by atoms with Gasteiger partial charge >= 0.3 is 0 Å². The van der Waals surface area contributed by atoms with Crippen LogP contribution in [0.15, 0.2) is 34.7 Å². The molecule has 2 rings (SSSR count). The molecule has 84 valence electrons. The van der Waals surface area contributed by atoms with Gasteiger partial charge in [0.1, 0.15) is 0 Å². The van der Waals surface area contributed by atoms with Gasteiger partial charge in [0.2, 0.25) is 5.89 Å². The molecule has 0 unspecified atom stereocenters. The fraction of sp³-hybridized carbons (Fsp3) is 0.273. The minimum Gasteiger partial charge on any atom is -0.338 e. The second-order valence-corrected chi connectivity index (χ2v) is 4.31. The van der Waals surface area contributed by atoms with Gasteiger partial charge < -0.3 is 9.84 Å². The highest BCUT2D eigenvalue weighted by molar-refractivity contribution is 7.09. The topological polar surface area (TPSA) is 51.0 Å². The van der Waals surface area contributed by atoms with Crippen LogP contribution in [-0.4, -0.2) is 16.7 Å². The lowest BCUT2D eigenvalue weighted by atomic mass is 10.3. The third-order valence-electron chi connectivity index (χ3n) is 1.99. The minimum atomic E-state index is 0.587. The van der Waals surface area contributed by atoms with Crippen LogP contribution >= 0.6 is 11.3 Å². The summed E-state index contributed by atoms with van der Waals surface area (Å²) in [5.41, 5.74) is 0. The van der Waals surface area contributed by atoms with Gasteiger partial charge in [-0.25, -0.2) is 0 Å². The Morgan fingerprint density at radius 2 is 2.50 bits per heavy atom. The van der Waals surface area contributed by atoms with Crippen LogP contribution in [0.3, 0.4) is 0 Å². The molecule has 16 heavy (non-hydrogen) atoms. The summed E-state index contributed by atoms with van der Waals surface area (Å²) in [4.78, 5) is 5.53. The highest BCUT2D eigenvalue weighted by Crippen LogP contribution is 2.12. The van der Waals surface area contributed by atoms with E-state index in [-0.39, 0.29) is 0 Å². The third kappa shape index (κ3) is 3.01. The van der Waals surface area contributed by atoms with E-state index >= 15 is 0 Å². The molecule has 0 aliphatic carbocycles. The summed E-state index contributed by atoms with van der Waals surface area (Å²) in [6, 6.07) is 4.09. The van der Waals surface area contributed by atoms with Gasteiger partial charge in [0.25, 0.3) is 0 Å². The molecule has 2 heterocycles. The minimum absolute atomic E-state index is 0.587. The van der Waals surface area contributed by atoms with Gasteiger partial charge in [-0.1, -0.05) is 17.3 Å². The van der Waals surface area contributed by atoms with Crippen molar-refractivity contribution in [1.29, 1.82) is 0 Å². The Kier molecular flexibility index (Phi) is 3.85. The summed E-state index contributed by atoms with van der Waals surface area (Å²) in [7, 11) is 0. The summed E-state index contributed by atoms with van der Waals surface area (Å²) in [5, 5.41) is 9.08. The Balaban J connectivity index is 1.89. The summed E-state index contributed by atoms with van der Waals surface area (Å²) in [5.74, 6) is 1.35. The molecule has 0 amide bonds. The van der Waals surface area contributed by atoms with E-state index in [4.69, 9.17) is 4.52 Å². The number of aromatic nitrogens is 2. The average molecular weight is 235 g/mol. The molecule has 0 saturated heterocycles. The first-order valence-corrected chi connectivity index (χ1v) is 5.92. The van der Waals surface area contributed by atoms with Crippen LogP contribution < -0.4 is 5.32 Å². The standard InChI is InChI=1S/C11H13N3OS/c1-2-5-12-8-11-13-10(14-15-11)7-9-4-3-6-16-9/h2-4,6,12H,1,5,7-8H2. The van der Waals surface area contributed by atoms with Gasteiger partial charge in [0.15, 0.2) is 5.82 Å². The van der Waals surface area contributed by atoms with Crippen LogP contribution in [0.25, 0.3) is 0 Å². The van der Waals surface area contributed by atoms with E-state index in [1.54, 1.807) is 17.4 Å². The molecule has 0 atom stereocenters. The molecule has 0 spiro atoms. The maximum absolute atomic E-state index is 5.11. The Labute approximate surface area is 98.0 Å². The Morgan fingerprint density at radius 1 is 1.56 bits per heavy atom. The molecule has 2 aromatic rings. The molecular formula is C11H13N3OS. The van der Waals surface area contributed by atoms with E-state index in [2.05, 4.69) is 28.1 Å². The fourth-order valence-corrected chi connectivity index (χ4v) is 1.99. The maximum Gasteiger partial charge on any atom is 0.240 e.